The van der Waals surface area contributed by atoms with Gasteiger partial charge in [-0.25, -0.2) is 9.67 Å². The smallest absolute Gasteiger partial charge is 0.295 e. The predicted octanol–water partition coefficient (Wildman–Crippen LogP) is 0.684. The molecule has 0 aliphatic heterocycles. The van der Waals surface area contributed by atoms with Crippen LogP contribution in [0.3, 0.4) is 0 Å². The summed E-state index contributed by atoms with van der Waals surface area (Å²) in [5, 5.41) is 4.20. The van der Waals surface area contributed by atoms with Gasteiger partial charge in [-0.15, -0.1) is 5.10 Å². The van der Waals surface area contributed by atoms with Gasteiger partial charge in [0.15, 0.2) is 5.82 Å². The van der Waals surface area contributed by atoms with E-state index in [-0.39, 0.29) is 17.2 Å². The van der Waals surface area contributed by atoms with Crippen molar-refractivity contribution in [2.75, 3.05) is 5.73 Å². The van der Waals surface area contributed by atoms with Crippen molar-refractivity contribution < 1.29 is 0 Å². The number of aryl methyl sites for hydroxylation is 1. The molecule has 0 amide bonds. The van der Waals surface area contributed by atoms with Crippen LogP contribution in [0.15, 0.2) is 23.4 Å². The second-order valence-electron chi connectivity index (χ2n) is 3.15. The lowest BCUT2D eigenvalue weighted by atomic mass is 10.5. The van der Waals surface area contributed by atoms with Crippen LogP contribution in [0.2, 0.25) is 5.02 Å². The molecule has 6 nitrogen and oxygen atoms in total. The number of nitrogens with zero attached hydrogens (tertiary/aromatic N) is 4. The van der Waals surface area contributed by atoms with E-state index >= 15 is 0 Å². The Morgan fingerprint density at radius 2 is 2.31 bits per heavy atom. The Morgan fingerprint density at radius 1 is 1.56 bits per heavy atom. The van der Waals surface area contributed by atoms with Gasteiger partial charge in [-0.3, -0.25) is 4.79 Å². The van der Waals surface area contributed by atoms with Gasteiger partial charge >= 0.3 is 0 Å². The Hall–Kier alpha value is -1.82. The van der Waals surface area contributed by atoms with E-state index in [9.17, 15) is 4.79 Å². The summed E-state index contributed by atoms with van der Waals surface area (Å²) >= 11 is 5.76. The highest BCUT2D eigenvalue weighted by atomic mass is 35.5. The molecule has 0 spiro atoms. The van der Waals surface area contributed by atoms with E-state index in [0.717, 1.165) is 0 Å². The quantitative estimate of drug-likeness (QED) is 0.836. The van der Waals surface area contributed by atoms with Crippen LogP contribution in [0.5, 0.6) is 0 Å². The molecule has 84 valence electrons. The van der Waals surface area contributed by atoms with E-state index in [1.54, 1.807) is 6.20 Å². The van der Waals surface area contributed by atoms with Crippen LogP contribution in [0, 0.1) is 0 Å². The molecule has 2 N–H and O–H groups in total. The van der Waals surface area contributed by atoms with Crippen molar-refractivity contribution in [3.8, 4) is 5.82 Å². The lowest BCUT2D eigenvalue weighted by molar-refractivity contribution is 0.693. The van der Waals surface area contributed by atoms with Crippen LogP contribution < -0.4 is 11.3 Å². The molecule has 2 aromatic rings. The first-order valence-corrected chi connectivity index (χ1v) is 5.07. The maximum absolute atomic E-state index is 11.9. The van der Waals surface area contributed by atoms with Gasteiger partial charge in [0.1, 0.15) is 5.02 Å². The minimum absolute atomic E-state index is 0.176. The predicted molar refractivity (Wildman–Crippen MR) is 60.7 cm³/mol. The van der Waals surface area contributed by atoms with Gasteiger partial charge in [0, 0.05) is 18.9 Å². The largest absolute Gasteiger partial charge is 0.381 e. The third-order valence-corrected chi connectivity index (χ3v) is 2.44. The molecule has 16 heavy (non-hydrogen) atoms. The fourth-order valence-corrected chi connectivity index (χ4v) is 1.45. The minimum Gasteiger partial charge on any atom is -0.381 e. The molecule has 0 unspecified atom stereocenters. The Bertz CT molecular complexity index is 554. The minimum atomic E-state index is -0.232. The van der Waals surface area contributed by atoms with E-state index in [2.05, 4.69) is 10.1 Å². The zero-order valence-corrected chi connectivity index (χ0v) is 9.35. The Balaban J connectivity index is 2.60. The van der Waals surface area contributed by atoms with Gasteiger partial charge in [-0.1, -0.05) is 11.6 Å². The topological polar surface area (TPSA) is 78.7 Å². The van der Waals surface area contributed by atoms with Crippen molar-refractivity contribution in [3.05, 3.63) is 34.0 Å². The SMILES string of the molecule is CCn1ccnc(-n2cc(Cl)c(N)n2)c1=O. The average Bonchev–Trinajstić information content (AvgIpc) is 2.59. The second kappa shape index (κ2) is 3.97. The van der Waals surface area contributed by atoms with Crippen molar-refractivity contribution in [1.82, 2.24) is 19.3 Å². The molecule has 0 aromatic carbocycles. The van der Waals surface area contributed by atoms with Crippen molar-refractivity contribution in [2.24, 2.45) is 0 Å². The molecule has 0 bridgehead atoms. The molecule has 0 aliphatic carbocycles. The number of hydrogen-bond donors (Lipinski definition) is 1. The van der Waals surface area contributed by atoms with Gasteiger partial charge in [-0.05, 0) is 6.92 Å². The van der Waals surface area contributed by atoms with Gasteiger partial charge in [-0.2, -0.15) is 0 Å². The fourth-order valence-electron chi connectivity index (χ4n) is 1.32. The maximum atomic E-state index is 11.9. The Kier molecular flexibility index (Phi) is 2.66. The van der Waals surface area contributed by atoms with Crippen LogP contribution in [0.4, 0.5) is 5.82 Å². The standard InChI is InChI=1S/C9H10ClN5O/c1-2-14-4-3-12-8(9(14)16)15-5-6(10)7(11)13-15/h3-5H,2H2,1H3,(H2,11,13). The normalized spacial score (nSPS) is 10.6. The average molecular weight is 240 g/mol. The summed E-state index contributed by atoms with van der Waals surface area (Å²) < 4.78 is 2.81. The van der Waals surface area contributed by atoms with Crippen LogP contribution in [-0.2, 0) is 6.54 Å². The summed E-state index contributed by atoms with van der Waals surface area (Å²) in [6.45, 7) is 2.44. The van der Waals surface area contributed by atoms with Crippen LogP contribution in [0.25, 0.3) is 5.82 Å². The molecular weight excluding hydrogens is 230 g/mol. The Labute approximate surface area is 96.3 Å². The number of anilines is 1. The molecule has 2 rings (SSSR count). The summed E-state index contributed by atoms with van der Waals surface area (Å²) in [7, 11) is 0. The number of hydrogen-bond acceptors (Lipinski definition) is 4. The summed E-state index contributed by atoms with van der Waals surface area (Å²) in [5.41, 5.74) is 5.27. The van der Waals surface area contributed by atoms with Gasteiger partial charge in [0.2, 0.25) is 5.82 Å². The molecule has 0 atom stereocenters. The number of aromatic nitrogens is 4. The van der Waals surface area contributed by atoms with E-state index in [0.29, 0.717) is 11.6 Å². The first kappa shape index (κ1) is 10.7. The van der Waals surface area contributed by atoms with E-state index in [4.69, 9.17) is 17.3 Å². The van der Waals surface area contributed by atoms with Crippen molar-refractivity contribution in [3.63, 3.8) is 0 Å². The molecular formula is C9H10ClN5O. The van der Waals surface area contributed by atoms with E-state index in [1.807, 2.05) is 6.92 Å². The molecule has 7 heteroatoms. The summed E-state index contributed by atoms with van der Waals surface area (Å²) in [5.74, 6) is 0.359. The number of nitrogens with two attached hydrogens (primary N) is 1. The fraction of sp³-hybridized carbons (Fsp3) is 0.222. The zero-order chi connectivity index (χ0) is 11.7. The molecule has 0 fully saturated rings. The van der Waals surface area contributed by atoms with Crippen molar-refractivity contribution in [1.29, 1.82) is 0 Å². The van der Waals surface area contributed by atoms with Gasteiger partial charge < -0.3 is 10.3 Å². The second-order valence-corrected chi connectivity index (χ2v) is 3.56. The molecule has 0 saturated heterocycles. The molecule has 2 heterocycles. The highest BCUT2D eigenvalue weighted by Gasteiger charge is 2.10. The van der Waals surface area contributed by atoms with Crippen molar-refractivity contribution >= 4 is 17.4 Å². The molecule has 2 aromatic heterocycles. The van der Waals surface area contributed by atoms with E-state index < -0.39 is 0 Å². The molecule has 0 radical (unpaired) electrons. The molecule has 0 saturated carbocycles. The van der Waals surface area contributed by atoms with Crippen LogP contribution in [0.1, 0.15) is 6.92 Å². The van der Waals surface area contributed by atoms with Gasteiger partial charge in [0.25, 0.3) is 5.56 Å². The highest BCUT2D eigenvalue weighted by molar-refractivity contribution is 6.32. The van der Waals surface area contributed by atoms with Crippen molar-refractivity contribution in [2.45, 2.75) is 13.5 Å². The lowest BCUT2D eigenvalue weighted by Gasteiger charge is -2.03. The monoisotopic (exact) mass is 239 g/mol. The zero-order valence-electron chi connectivity index (χ0n) is 8.59. The third-order valence-electron chi connectivity index (χ3n) is 2.15. The Morgan fingerprint density at radius 3 is 2.88 bits per heavy atom. The van der Waals surface area contributed by atoms with Crippen LogP contribution >= 0.6 is 11.6 Å². The summed E-state index contributed by atoms with van der Waals surface area (Å²) in [4.78, 5) is 15.8. The molecule has 0 aliphatic rings. The van der Waals surface area contributed by atoms with Gasteiger partial charge in [0.05, 0.1) is 6.20 Å². The maximum Gasteiger partial charge on any atom is 0.295 e. The summed E-state index contributed by atoms with van der Waals surface area (Å²) in [6, 6.07) is 0. The first-order chi connectivity index (χ1) is 7.63. The van der Waals surface area contributed by atoms with E-state index in [1.165, 1.54) is 21.6 Å². The number of rotatable bonds is 2. The number of nitrogen functional groups attached to an aromatic ring is 1. The highest BCUT2D eigenvalue weighted by Crippen LogP contribution is 2.16. The third kappa shape index (κ3) is 1.67. The lowest BCUT2D eigenvalue weighted by Crippen LogP contribution is -2.24. The van der Waals surface area contributed by atoms with Crippen LogP contribution in [-0.4, -0.2) is 19.3 Å². The summed E-state index contributed by atoms with van der Waals surface area (Å²) in [6.07, 6.45) is 4.60. The number of halogens is 1. The first-order valence-electron chi connectivity index (χ1n) is 4.70.